The predicted molar refractivity (Wildman–Crippen MR) is 64.9 cm³/mol. The minimum Gasteiger partial charge on any atom is -0.504 e. The maximum absolute atomic E-state index is 10.1. The number of aromatic hydroxyl groups is 1. The van der Waals surface area contributed by atoms with Gasteiger partial charge >= 0.3 is 0 Å². The second-order valence-electron chi connectivity index (χ2n) is 4.64. The Bertz CT molecular complexity index is 390. The van der Waals surface area contributed by atoms with Crippen molar-refractivity contribution in [2.45, 2.75) is 31.4 Å². The van der Waals surface area contributed by atoms with Crippen molar-refractivity contribution in [1.82, 2.24) is 0 Å². The highest BCUT2D eigenvalue weighted by Gasteiger charge is 2.30. The van der Waals surface area contributed by atoms with Crippen LogP contribution in [0.2, 0.25) is 0 Å². The number of aliphatic hydroxyl groups is 1. The molecule has 0 unspecified atom stereocenters. The van der Waals surface area contributed by atoms with E-state index in [2.05, 4.69) is 0 Å². The number of ether oxygens (including phenoxy) is 1. The number of rotatable bonds is 4. The van der Waals surface area contributed by atoms with E-state index in [9.17, 15) is 10.2 Å². The van der Waals surface area contributed by atoms with E-state index in [0.717, 1.165) is 18.4 Å². The number of aliphatic hydroxyl groups excluding tert-OH is 1. The van der Waals surface area contributed by atoms with Crippen LogP contribution in [0.25, 0.3) is 0 Å². The minimum absolute atomic E-state index is 0.0567. The van der Waals surface area contributed by atoms with Gasteiger partial charge in [0.2, 0.25) is 0 Å². The molecule has 94 valence electrons. The van der Waals surface area contributed by atoms with E-state index < -0.39 is 12.1 Å². The topological polar surface area (TPSA) is 75.7 Å². The van der Waals surface area contributed by atoms with Gasteiger partial charge < -0.3 is 20.7 Å². The predicted octanol–water partition coefficient (Wildman–Crippen LogP) is 1.56. The molecule has 0 spiro atoms. The van der Waals surface area contributed by atoms with E-state index in [1.807, 2.05) is 0 Å². The highest BCUT2D eigenvalue weighted by molar-refractivity contribution is 5.42. The van der Waals surface area contributed by atoms with E-state index in [0.29, 0.717) is 11.7 Å². The number of nitrogens with two attached hydrogens (primary N) is 1. The van der Waals surface area contributed by atoms with Crippen LogP contribution in [0.15, 0.2) is 18.2 Å². The second kappa shape index (κ2) is 4.94. The Hall–Kier alpha value is -1.26. The van der Waals surface area contributed by atoms with Crippen molar-refractivity contribution in [3.8, 4) is 11.5 Å². The third-order valence-corrected chi connectivity index (χ3v) is 3.59. The lowest BCUT2D eigenvalue weighted by molar-refractivity contribution is 0.0413. The van der Waals surface area contributed by atoms with E-state index >= 15 is 0 Å². The summed E-state index contributed by atoms with van der Waals surface area (Å²) >= 11 is 0. The smallest absolute Gasteiger partial charge is 0.160 e. The average molecular weight is 237 g/mol. The molecule has 4 nitrogen and oxygen atoms in total. The minimum atomic E-state index is -0.531. The van der Waals surface area contributed by atoms with Crippen molar-refractivity contribution in [3.05, 3.63) is 23.8 Å². The Labute approximate surface area is 101 Å². The molecule has 0 saturated heterocycles. The first-order valence-electron chi connectivity index (χ1n) is 5.94. The molecule has 0 heterocycles. The Morgan fingerprint density at radius 2 is 2.12 bits per heavy atom. The third kappa shape index (κ3) is 2.37. The molecular formula is C13H19NO3. The fourth-order valence-electron chi connectivity index (χ4n) is 2.19. The largest absolute Gasteiger partial charge is 0.504 e. The van der Waals surface area contributed by atoms with Crippen molar-refractivity contribution in [1.29, 1.82) is 0 Å². The van der Waals surface area contributed by atoms with Gasteiger partial charge in [-0.05, 0) is 36.5 Å². The van der Waals surface area contributed by atoms with E-state index in [4.69, 9.17) is 10.5 Å². The molecule has 17 heavy (non-hydrogen) atoms. The number of methoxy groups -OCH3 is 1. The molecule has 0 bridgehead atoms. The van der Waals surface area contributed by atoms with Crippen LogP contribution in [0, 0.1) is 5.92 Å². The number of hydrogen-bond donors (Lipinski definition) is 3. The van der Waals surface area contributed by atoms with Crippen molar-refractivity contribution >= 4 is 0 Å². The zero-order valence-corrected chi connectivity index (χ0v) is 9.97. The molecular weight excluding hydrogens is 218 g/mol. The molecule has 4 N–H and O–H groups in total. The third-order valence-electron chi connectivity index (χ3n) is 3.59. The molecule has 0 aromatic heterocycles. The second-order valence-corrected chi connectivity index (χ2v) is 4.64. The van der Waals surface area contributed by atoms with E-state index in [1.54, 1.807) is 18.2 Å². The first kappa shape index (κ1) is 12.2. The van der Waals surface area contributed by atoms with Crippen LogP contribution in [0.3, 0.4) is 0 Å². The summed E-state index contributed by atoms with van der Waals surface area (Å²) in [6.45, 7) is 0. The van der Waals surface area contributed by atoms with E-state index in [-0.39, 0.29) is 5.75 Å². The normalized spacial score (nSPS) is 19.5. The summed E-state index contributed by atoms with van der Waals surface area (Å²) in [5.41, 5.74) is 6.75. The lowest BCUT2D eigenvalue weighted by atomic mass is 9.77. The summed E-state index contributed by atoms with van der Waals surface area (Å²) in [6, 6.07) is 4.56. The Balaban J connectivity index is 2.12. The van der Waals surface area contributed by atoms with Gasteiger partial charge in [-0.3, -0.25) is 0 Å². The summed E-state index contributed by atoms with van der Waals surface area (Å²) in [7, 11) is 1.50. The molecule has 2 atom stereocenters. The highest BCUT2D eigenvalue weighted by atomic mass is 16.5. The summed E-state index contributed by atoms with van der Waals surface area (Å²) in [5, 5.41) is 19.7. The summed E-state index contributed by atoms with van der Waals surface area (Å²) < 4.78 is 4.97. The molecule has 0 aliphatic heterocycles. The molecule has 4 heteroatoms. The van der Waals surface area contributed by atoms with Gasteiger partial charge in [-0.25, -0.2) is 0 Å². The van der Waals surface area contributed by atoms with Gasteiger partial charge in [-0.1, -0.05) is 12.5 Å². The van der Waals surface area contributed by atoms with Crippen LogP contribution in [-0.4, -0.2) is 23.4 Å². The van der Waals surface area contributed by atoms with Gasteiger partial charge in [0.25, 0.3) is 0 Å². The zero-order chi connectivity index (χ0) is 12.4. The first-order chi connectivity index (χ1) is 8.13. The Morgan fingerprint density at radius 1 is 1.41 bits per heavy atom. The van der Waals surface area contributed by atoms with Crippen LogP contribution >= 0.6 is 0 Å². The molecule has 1 fully saturated rings. The van der Waals surface area contributed by atoms with Gasteiger partial charge in [-0.15, -0.1) is 0 Å². The molecule has 0 amide bonds. The maximum atomic E-state index is 10.1. The van der Waals surface area contributed by atoms with Gasteiger partial charge in [0.05, 0.1) is 19.3 Å². The molecule has 1 aromatic carbocycles. The molecule has 1 aliphatic carbocycles. The summed E-state index contributed by atoms with van der Waals surface area (Å²) in [4.78, 5) is 0. The number of benzene rings is 1. The Kier molecular flexibility index (Phi) is 3.54. The van der Waals surface area contributed by atoms with Crippen molar-refractivity contribution in [2.24, 2.45) is 11.7 Å². The number of hydrogen-bond acceptors (Lipinski definition) is 4. The van der Waals surface area contributed by atoms with Crippen LogP contribution < -0.4 is 10.5 Å². The van der Waals surface area contributed by atoms with Crippen LogP contribution in [0.4, 0.5) is 0 Å². The van der Waals surface area contributed by atoms with Gasteiger partial charge in [0.1, 0.15) is 0 Å². The molecule has 0 radical (unpaired) electrons. The van der Waals surface area contributed by atoms with Crippen molar-refractivity contribution < 1.29 is 14.9 Å². The van der Waals surface area contributed by atoms with Gasteiger partial charge in [0, 0.05) is 0 Å². The van der Waals surface area contributed by atoms with Crippen molar-refractivity contribution in [3.63, 3.8) is 0 Å². The summed E-state index contributed by atoms with van der Waals surface area (Å²) in [5.74, 6) is 0.773. The number of phenols is 1. The van der Waals surface area contributed by atoms with Gasteiger partial charge in [-0.2, -0.15) is 0 Å². The number of phenolic OH excluding ortho intramolecular Hbond substituents is 1. The standard InChI is InChI=1S/C13H19NO3/c1-17-11-6-5-9(7-10(11)15)12(14)13(16)8-3-2-4-8/h5-8,12-13,15-16H,2-4,14H2,1H3/t12-,13+/m0/s1. The molecule has 2 rings (SSSR count). The zero-order valence-electron chi connectivity index (χ0n) is 9.97. The van der Waals surface area contributed by atoms with Crippen molar-refractivity contribution in [2.75, 3.05) is 7.11 Å². The van der Waals surface area contributed by atoms with Crippen LogP contribution in [0.5, 0.6) is 11.5 Å². The van der Waals surface area contributed by atoms with E-state index in [1.165, 1.54) is 13.5 Å². The first-order valence-corrected chi connectivity index (χ1v) is 5.94. The molecule has 1 aliphatic rings. The monoisotopic (exact) mass is 237 g/mol. The quantitative estimate of drug-likeness (QED) is 0.743. The fraction of sp³-hybridized carbons (Fsp3) is 0.538. The van der Waals surface area contributed by atoms with Crippen LogP contribution in [-0.2, 0) is 0 Å². The Morgan fingerprint density at radius 3 is 2.59 bits per heavy atom. The average Bonchev–Trinajstić information content (AvgIpc) is 2.25. The summed E-state index contributed by atoms with van der Waals surface area (Å²) in [6.07, 6.45) is 2.72. The maximum Gasteiger partial charge on any atom is 0.160 e. The lowest BCUT2D eigenvalue weighted by Crippen LogP contribution is -2.36. The SMILES string of the molecule is COc1ccc([C@H](N)[C@H](O)C2CCC2)cc1O. The van der Waals surface area contributed by atoms with Crippen LogP contribution in [0.1, 0.15) is 30.9 Å². The molecule has 1 saturated carbocycles. The highest BCUT2D eigenvalue weighted by Crippen LogP contribution is 2.36. The fourth-order valence-corrected chi connectivity index (χ4v) is 2.19. The lowest BCUT2D eigenvalue weighted by Gasteiger charge is -2.33. The van der Waals surface area contributed by atoms with Gasteiger partial charge in [0.15, 0.2) is 11.5 Å². The molecule has 1 aromatic rings.